The smallest absolute Gasteiger partial charge is 0.269 e. The van der Waals surface area contributed by atoms with Gasteiger partial charge in [0.15, 0.2) is 0 Å². The predicted octanol–water partition coefficient (Wildman–Crippen LogP) is 3.03. The Labute approximate surface area is 211 Å². The first-order valence-electron chi connectivity index (χ1n) is 12.2. The minimum absolute atomic E-state index is 0.00390. The van der Waals surface area contributed by atoms with Gasteiger partial charge in [-0.25, -0.2) is 4.98 Å². The molecule has 9 heteroatoms. The van der Waals surface area contributed by atoms with E-state index in [-0.39, 0.29) is 17.6 Å². The van der Waals surface area contributed by atoms with Crippen molar-refractivity contribution in [3.63, 3.8) is 0 Å². The lowest BCUT2D eigenvalue weighted by Gasteiger charge is -2.16. The highest BCUT2D eigenvalue weighted by Crippen LogP contribution is 2.36. The number of nitrogens with one attached hydrogen (secondary N) is 2. The molecule has 0 fully saturated rings. The minimum atomic E-state index is -0.272. The number of anilines is 1. The molecule has 0 radical (unpaired) electrons. The fraction of sp³-hybridized carbons (Fsp3) is 0.333. The Bertz CT molecular complexity index is 1160. The van der Waals surface area contributed by atoms with Crippen molar-refractivity contribution in [1.82, 2.24) is 20.6 Å². The molecule has 7 N–H and O–H groups in total. The maximum absolute atomic E-state index is 12.5. The molecule has 0 spiro atoms. The van der Waals surface area contributed by atoms with Gasteiger partial charge in [-0.1, -0.05) is 25.1 Å². The maximum Gasteiger partial charge on any atom is 0.269 e. The molecule has 3 rings (SSSR count). The number of aromatic nitrogens is 2. The summed E-state index contributed by atoms with van der Waals surface area (Å²) in [6, 6.07) is 10.4. The number of phenolic OH excluding ortho intramolecular Hbond substituents is 1. The van der Waals surface area contributed by atoms with E-state index in [9.17, 15) is 14.7 Å². The topological polar surface area (TPSA) is 156 Å². The Morgan fingerprint density at radius 3 is 2.31 bits per heavy atom. The van der Waals surface area contributed by atoms with Crippen LogP contribution in [0, 0.1) is 0 Å². The summed E-state index contributed by atoms with van der Waals surface area (Å²) in [7, 11) is 0. The van der Waals surface area contributed by atoms with E-state index in [1.54, 1.807) is 30.6 Å². The monoisotopic (exact) mass is 490 g/mol. The van der Waals surface area contributed by atoms with Crippen LogP contribution < -0.4 is 22.1 Å². The number of amides is 2. The van der Waals surface area contributed by atoms with Crippen LogP contribution >= 0.6 is 0 Å². The van der Waals surface area contributed by atoms with Crippen LogP contribution in [0.3, 0.4) is 0 Å². The Balaban J connectivity index is 1.62. The molecule has 0 aliphatic rings. The molecule has 2 heterocycles. The molecule has 0 bridgehead atoms. The van der Waals surface area contributed by atoms with Crippen molar-refractivity contribution < 1.29 is 14.7 Å². The van der Waals surface area contributed by atoms with E-state index in [0.717, 1.165) is 40.7 Å². The van der Waals surface area contributed by atoms with Crippen LogP contribution in [0.25, 0.3) is 22.3 Å². The number of nitrogen functional groups attached to an aromatic ring is 1. The zero-order valence-corrected chi connectivity index (χ0v) is 20.6. The molecule has 2 amide bonds. The van der Waals surface area contributed by atoms with Gasteiger partial charge in [-0.2, -0.15) is 0 Å². The lowest BCUT2D eigenvalue weighted by molar-refractivity contribution is -0.121. The van der Waals surface area contributed by atoms with Crippen molar-refractivity contribution in [1.29, 1.82) is 0 Å². The molecular formula is C27H34N6O3. The lowest BCUT2D eigenvalue weighted by atomic mass is 9.92. The number of phenols is 1. The molecule has 0 aliphatic carbocycles. The molecule has 2 aromatic heterocycles. The number of benzene rings is 1. The van der Waals surface area contributed by atoms with Crippen molar-refractivity contribution in [2.45, 2.75) is 39.0 Å². The zero-order valence-electron chi connectivity index (χ0n) is 20.6. The van der Waals surface area contributed by atoms with Gasteiger partial charge >= 0.3 is 0 Å². The van der Waals surface area contributed by atoms with Crippen LogP contribution in [-0.2, 0) is 11.2 Å². The SMILES string of the molecule is CCc1c(-c2ccc(C(=O)NCCCNC(=O)CCCCN)nc2)cnc(N)c1-c1ccc(O)cc1. The number of nitrogens with two attached hydrogens (primary N) is 2. The van der Waals surface area contributed by atoms with Crippen molar-refractivity contribution >= 4 is 17.6 Å². The van der Waals surface area contributed by atoms with E-state index < -0.39 is 0 Å². The number of pyridine rings is 2. The molecule has 0 saturated heterocycles. The van der Waals surface area contributed by atoms with Crippen molar-refractivity contribution in [3.8, 4) is 28.0 Å². The molecule has 0 aliphatic heterocycles. The fourth-order valence-corrected chi connectivity index (χ4v) is 3.95. The molecule has 0 saturated carbocycles. The minimum Gasteiger partial charge on any atom is -0.508 e. The molecule has 0 atom stereocenters. The van der Waals surface area contributed by atoms with Crippen molar-refractivity contribution in [2.75, 3.05) is 25.4 Å². The number of unbranched alkanes of at least 4 members (excludes halogenated alkanes) is 1. The van der Waals surface area contributed by atoms with Gasteiger partial charge in [-0.05, 0) is 61.6 Å². The maximum atomic E-state index is 12.5. The second-order valence-corrected chi connectivity index (χ2v) is 8.45. The van der Waals surface area contributed by atoms with Crippen molar-refractivity contribution in [3.05, 3.63) is 60.0 Å². The predicted molar refractivity (Wildman–Crippen MR) is 141 cm³/mol. The fourth-order valence-electron chi connectivity index (χ4n) is 3.95. The Morgan fingerprint density at radius 2 is 1.64 bits per heavy atom. The zero-order chi connectivity index (χ0) is 25.9. The van der Waals surface area contributed by atoms with Crippen LogP contribution in [0.15, 0.2) is 48.8 Å². The lowest BCUT2D eigenvalue weighted by Crippen LogP contribution is -2.30. The highest BCUT2D eigenvalue weighted by molar-refractivity contribution is 5.92. The van der Waals surface area contributed by atoms with Crippen LogP contribution in [0.4, 0.5) is 5.82 Å². The van der Waals surface area contributed by atoms with Gasteiger partial charge in [0.2, 0.25) is 5.91 Å². The first-order chi connectivity index (χ1) is 17.4. The molecule has 1 aromatic carbocycles. The van der Waals surface area contributed by atoms with Gasteiger partial charge < -0.3 is 27.2 Å². The number of carbonyl (C=O) groups is 2. The van der Waals surface area contributed by atoms with E-state index in [0.29, 0.717) is 50.4 Å². The standard InChI is InChI=1S/C27H34N6O3/c1-2-21-22(17-33-26(29)25(21)18-7-10-20(34)11-8-18)19-9-12-23(32-16-19)27(36)31-15-5-14-30-24(35)6-3-4-13-28/h7-12,16-17,34H,2-6,13-15,28H2,1H3,(H2,29,33)(H,30,35)(H,31,36). The molecule has 0 unspecified atom stereocenters. The van der Waals surface area contributed by atoms with E-state index in [2.05, 4.69) is 20.6 Å². The average Bonchev–Trinajstić information content (AvgIpc) is 2.89. The first kappa shape index (κ1) is 26.6. The summed E-state index contributed by atoms with van der Waals surface area (Å²) >= 11 is 0. The third-order valence-electron chi connectivity index (χ3n) is 5.85. The average molecular weight is 491 g/mol. The summed E-state index contributed by atoms with van der Waals surface area (Å²) in [5, 5.41) is 15.3. The Hall–Kier alpha value is -3.98. The van der Waals surface area contributed by atoms with Crippen LogP contribution in [0.5, 0.6) is 5.75 Å². The van der Waals surface area contributed by atoms with E-state index in [1.807, 2.05) is 25.1 Å². The highest BCUT2D eigenvalue weighted by Gasteiger charge is 2.16. The second-order valence-electron chi connectivity index (χ2n) is 8.45. The van der Waals surface area contributed by atoms with Crippen molar-refractivity contribution in [2.24, 2.45) is 5.73 Å². The molecule has 36 heavy (non-hydrogen) atoms. The summed E-state index contributed by atoms with van der Waals surface area (Å²) in [4.78, 5) is 32.9. The van der Waals surface area contributed by atoms with Crippen LogP contribution in [-0.4, -0.2) is 46.5 Å². The van der Waals surface area contributed by atoms with Gasteiger partial charge in [-0.15, -0.1) is 0 Å². The number of hydrogen-bond donors (Lipinski definition) is 5. The number of aromatic hydroxyl groups is 1. The summed E-state index contributed by atoms with van der Waals surface area (Å²) in [6.45, 7) is 3.57. The van der Waals surface area contributed by atoms with Crippen LogP contribution in [0.1, 0.15) is 48.7 Å². The van der Waals surface area contributed by atoms with Crippen LogP contribution in [0.2, 0.25) is 0 Å². The number of nitrogens with zero attached hydrogens (tertiary/aromatic N) is 2. The third kappa shape index (κ3) is 7.02. The first-order valence-corrected chi connectivity index (χ1v) is 12.2. The summed E-state index contributed by atoms with van der Waals surface area (Å²) in [5.74, 6) is 0.327. The van der Waals surface area contributed by atoms with E-state index in [4.69, 9.17) is 11.5 Å². The summed E-state index contributed by atoms with van der Waals surface area (Å²) in [5.41, 5.74) is 16.4. The molecule has 3 aromatic rings. The highest BCUT2D eigenvalue weighted by atomic mass is 16.3. The van der Waals surface area contributed by atoms with E-state index >= 15 is 0 Å². The molecule has 9 nitrogen and oxygen atoms in total. The normalized spacial score (nSPS) is 10.7. The van der Waals surface area contributed by atoms with Gasteiger partial charge in [0.1, 0.15) is 17.3 Å². The third-order valence-corrected chi connectivity index (χ3v) is 5.85. The number of carbonyl (C=O) groups excluding carboxylic acids is 2. The number of hydrogen-bond acceptors (Lipinski definition) is 7. The number of rotatable bonds is 12. The molecular weight excluding hydrogens is 456 g/mol. The summed E-state index contributed by atoms with van der Waals surface area (Å²) < 4.78 is 0. The largest absolute Gasteiger partial charge is 0.508 e. The van der Waals surface area contributed by atoms with Gasteiger partial charge in [0.05, 0.1) is 0 Å². The summed E-state index contributed by atoms with van der Waals surface area (Å²) in [6.07, 6.45) is 6.81. The van der Waals surface area contributed by atoms with E-state index in [1.165, 1.54) is 0 Å². The van der Waals surface area contributed by atoms with Gasteiger partial charge in [-0.3, -0.25) is 14.6 Å². The van der Waals surface area contributed by atoms with Gasteiger partial charge in [0.25, 0.3) is 5.91 Å². The Kier molecular flexibility index (Phi) is 9.76. The van der Waals surface area contributed by atoms with Gasteiger partial charge in [0, 0.05) is 48.6 Å². The quantitative estimate of drug-likeness (QED) is 0.244. The second kappa shape index (κ2) is 13.2. The Morgan fingerprint density at radius 1 is 0.917 bits per heavy atom. The molecule has 190 valence electrons.